The van der Waals surface area contributed by atoms with E-state index in [-0.39, 0.29) is 11.9 Å². The molecule has 5 nitrogen and oxygen atoms in total. The zero-order valence-electron chi connectivity index (χ0n) is 13.1. The molecule has 1 rings (SSSR count). The van der Waals surface area contributed by atoms with Gasteiger partial charge in [-0.15, -0.1) is 0 Å². The van der Waals surface area contributed by atoms with Gasteiger partial charge in [0.05, 0.1) is 17.6 Å². The fourth-order valence-electron chi connectivity index (χ4n) is 1.82. The van der Waals surface area contributed by atoms with Crippen molar-refractivity contribution in [1.29, 1.82) is 0 Å². The first-order chi connectivity index (χ1) is 8.76. The number of methoxy groups -OCH3 is 1. The molecule has 19 heavy (non-hydrogen) atoms. The minimum Gasteiger partial charge on any atom is -0.454 e. The minimum absolute atomic E-state index is 0.241. The van der Waals surface area contributed by atoms with Gasteiger partial charge in [0.2, 0.25) is 0 Å². The van der Waals surface area contributed by atoms with Gasteiger partial charge in [-0.3, -0.25) is 4.79 Å². The van der Waals surface area contributed by atoms with Gasteiger partial charge in [-0.05, 0) is 13.8 Å². The maximum atomic E-state index is 11.5. The van der Waals surface area contributed by atoms with E-state index in [1.165, 1.54) is 7.11 Å². The molecule has 1 aliphatic rings. The molecule has 114 valence electrons. The number of hydrogen-bond donors (Lipinski definition) is 1. The van der Waals surface area contributed by atoms with E-state index < -0.39 is 24.1 Å². The Kier molecular flexibility index (Phi) is 7.55. The molecule has 0 aliphatic carbocycles. The largest absolute Gasteiger partial charge is 0.454 e. The summed E-state index contributed by atoms with van der Waals surface area (Å²) in [6, 6.07) is 0. The molecule has 0 spiro atoms. The second kappa shape index (κ2) is 7.82. The summed E-state index contributed by atoms with van der Waals surface area (Å²) in [6.07, 6.45) is -1.85. The lowest BCUT2D eigenvalue weighted by atomic mass is 9.93. The van der Waals surface area contributed by atoms with Crippen molar-refractivity contribution in [3.63, 3.8) is 0 Å². The van der Waals surface area contributed by atoms with Crippen LogP contribution in [0.5, 0.6) is 0 Å². The number of rotatable bonds is 3. The van der Waals surface area contributed by atoms with E-state index in [0.717, 1.165) is 0 Å². The normalized spacial score (nSPS) is 29.4. The summed E-state index contributed by atoms with van der Waals surface area (Å²) in [5, 5.41) is 10.00. The van der Waals surface area contributed by atoms with Crippen LogP contribution in [0.25, 0.3) is 0 Å². The lowest BCUT2D eigenvalue weighted by Crippen LogP contribution is -2.54. The Morgan fingerprint density at radius 2 is 1.89 bits per heavy atom. The summed E-state index contributed by atoms with van der Waals surface area (Å²) in [7, 11) is 1.47. The number of hydrogen-bond acceptors (Lipinski definition) is 5. The highest BCUT2D eigenvalue weighted by Crippen LogP contribution is 2.31. The Labute approximate surface area is 116 Å². The summed E-state index contributed by atoms with van der Waals surface area (Å²) in [6.45, 7) is 11.2. The molecule has 1 saturated heterocycles. The summed E-state index contributed by atoms with van der Waals surface area (Å²) >= 11 is 0. The second-order valence-corrected chi connectivity index (χ2v) is 5.31. The average Bonchev–Trinajstić information content (AvgIpc) is 2.33. The van der Waals surface area contributed by atoms with E-state index in [1.54, 1.807) is 13.8 Å². The van der Waals surface area contributed by atoms with Crippen molar-refractivity contribution in [3.05, 3.63) is 0 Å². The van der Waals surface area contributed by atoms with Crippen molar-refractivity contribution in [2.75, 3.05) is 7.11 Å². The summed E-state index contributed by atoms with van der Waals surface area (Å²) in [5.74, 6) is -0.603. The molecule has 0 bridgehead atoms. The van der Waals surface area contributed by atoms with E-state index in [4.69, 9.17) is 14.2 Å². The van der Waals surface area contributed by atoms with Gasteiger partial charge in [-0.1, -0.05) is 27.7 Å². The van der Waals surface area contributed by atoms with Crippen LogP contribution >= 0.6 is 0 Å². The first-order valence-electron chi connectivity index (χ1n) is 6.86. The molecule has 0 aromatic carbocycles. The predicted molar refractivity (Wildman–Crippen MR) is 72.7 cm³/mol. The van der Waals surface area contributed by atoms with Crippen molar-refractivity contribution in [1.82, 2.24) is 0 Å². The Morgan fingerprint density at radius 1 is 1.37 bits per heavy atom. The highest BCUT2D eigenvalue weighted by Gasteiger charge is 2.44. The monoisotopic (exact) mass is 276 g/mol. The third kappa shape index (κ3) is 5.47. The van der Waals surface area contributed by atoms with Crippen molar-refractivity contribution in [2.45, 2.75) is 72.1 Å². The zero-order valence-corrected chi connectivity index (χ0v) is 13.1. The van der Waals surface area contributed by atoms with Crippen LogP contribution in [0.15, 0.2) is 0 Å². The summed E-state index contributed by atoms with van der Waals surface area (Å²) in [4.78, 5) is 11.5. The molecule has 1 N–H and O–H groups in total. The smallest absolute Gasteiger partial charge is 0.308 e. The van der Waals surface area contributed by atoms with Gasteiger partial charge in [0.15, 0.2) is 12.4 Å². The maximum absolute atomic E-state index is 11.5. The third-order valence-electron chi connectivity index (χ3n) is 2.74. The molecule has 0 saturated carbocycles. The molecule has 0 aromatic heterocycles. The summed E-state index contributed by atoms with van der Waals surface area (Å²) < 4.78 is 16.0. The van der Waals surface area contributed by atoms with Gasteiger partial charge in [-0.2, -0.15) is 0 Å². The lowest BCUT2D eigenvalue weighted by Gasteiger charge is -2.42. The van der Waals surface area contributed by atoms with E-state index in [2.05, 4.69) is 0 Å². The van der Waals surface area contributed by atoms with E-state index in [1.807, 2.05) is 27.7 Å². The van der Waals surface area contributed by atoms with Crippen LogP contribution in [0.3, 0.4) is 0 Å². The van der Waals surface area contributed by atoms with Gasteiger partial charge in [0, 0.05) is 13.5 Å². The Bertz CT molecular complexity index is 275. The molecule has 5 heteroatoms. The third-order valence-corrected chi connectivity index (χ3v) is 2.74. The van der Waals surface area contributed by atoms with Crippen LogP contribution in [0, 0.1) is 5.92 Å². The van der Waals surface area contributed by atoms with Crippen LogP contribution in [-0.4, -0.2) is 42.3 Å². The zero-order chi connectivity index (χ0) is 15.2. The number of ether oxygens (including phenoxy) is 3. The van der Waals surface area contributed by atoms with Crippen molar-refractivity contribution in [2.24, 2.45) is 5.92 Å². The topological polar surface area (TPSA) is 65.0 Å². The minimum atomic E-state index is -0.772. The van der Waals surface area contributed by atoms with Gasteiger partial charge >= 0.3 is 5.97 Å². The Balaban J connectivity index is 0.00000154. The van der Waals surface area contributed by atoms with E-state index in [9.17, 15) is 9.90 Å². The van der Waals surface area contributed by atoms with Crippen LogP contribution in [0.4, 0.5) is 0 Å². The molecule has 3 unspecified atom stereocenters. The molecular weight excluding hydrogens is 248 g/mol. The fraction of sp³-hybridized carbons (Fsp3) is 0.929. The number of carbonyl (C=O) groups excluding carboxylic acids is 1. The quantitative estimate of drug-likeness (QED) is 0.800. The molecular formula is C14H28O5. The van der Waals surface area contributed by atoms with Gasteiger partial charge in [0.25, 0.3) is 0 Å². The van der Waals surface area contributed by atoms with Crippen LogP contribution in [0.1, 0.15) is 48.0 Å². The first-order valence-corrected chi connectivity index (χ1v) is 6.86. The predicted octanol–water partition coefficient (Wildman–Crippen LogP) is 2.11. The van der Waals surface area contributed by atoms with Crippen molar-refractivity contribution in [3.8, 4) is 0 Å². The van der Waals surface area contributed by atoms with Crippen LogP contribution in [-0.2, 0) is 19.0 Å². The number of aliphatic hydroxyl groups excluding tert-OH is 1. The van der Waals surface area contributed by atoms with Crippen molar-refractivity contribution < 1.29 is 24.1 Å². The highest BCUT2D eigenvalue weighted by atomic mass is 16.7. The van der Waals surface area contributed by atoms with E-state index in [0.29, 0.717) is 6.42 Å². The average molecular weight is 276 g/mol. The van der Waals surface area contributed by atoms with Crippen LogP contribution in [0.2, 0.25) is 0 Å². The van der Waals surface area contributed by atoms with Gasteiger partial charge in [-0.25, -0.2) is 0 Å². The summed E-state index contributed by atoms with van der Waals surface area (Å²) in [5.41, 5.74) is -0.485. The van der Waals surface area contributed by atoms with Crippen LogP contribution < -0.4 is 0 Å². The van der Waals surface area contributed by atoms with E-state index >= 15 is 0 Å². The molecule has 0 radical (unpaired) electrons. The molecule has 0 amide bonds. The number of aliphatic hydroxyl groups is 1. The van der Waals surface area contributed by atoms with Gasteiger partial charge in [0.1, 0.15) is 0 Å². The Hall–Kier alpha value is -0.650. The number of carbonyl (C=O) groups is 1. The standard InChI is InChI=1S/C12H22O5.C2H6/c1-7(2)10(14)16-9-8(13)6-12(3,4)17-11(9)15-5;1-2/h7-9,11,13H,6H2,1-5H3;1-2H3. The Morgan fingerprint density at radius 3 is 2.32 bits per heavy atom. The SMILES string of the molecule is CC.COC1OC(C)(C)CC(O)C1OC(=O)C(C)C. The molecule has 1 heterocycles. The van der Waals surface area contributed by atoms with Crippen molar-refractivity contribution >= 4 is 5.97 Å². The maximum Gasteiger partial charge on any atom is 0.308 e. The molecule has 1 aliphatic heterocycles. The lowest BCUT2D eigenvalue weighted by molar-refractivity contribution is -0.288. The van der Waals surface area contributed by atoms with Gasteiger partial charge < -0.3 is 19.3 Å². The molecule has 1 fully saturated rings. The first kappa shape index (κ1) is 18.4. The molecule has 3 atom stereocenters. The second-order valence-electron chi connectivity index (χ2n) is 5.31. The fourth-order valence-corrected chi connectivity index (χ4v) is 1.82. The highest BCUT2D eigenvalue weighted by molar-refractivity contribution is 5.71. The molecule has 0 aromatic rings. The number of esters is 1.